The molecule has 0 radical (unpaired) electrons. The van der Waals surface area contributed by atoms with Gasteiger partial charge in [-0.15, -0.1) is 0 Å². The molecule has 3 nitrogen and oxygen atoms in total. The predicted molar refractivity (Wildman–Crippen MR) is 78.8 cm³/mol. The Morgan fingerprint density at radius 3 is 2.74 bits per heavy atom. The van der Waals surface area contributed by atoms with Crippen molar-refractivity contribution in [2.75, 3.05) is 5.73 Å². The van der Waals surface area contributed by atoms with Gasteiger partial charge < -0.3 is 10.5 Å². The lowest BCUT2D eigenvalue weighted by molar-refractivity contribution is 0.303. The smallest absolute Gasteiger partial charge is 0.124 e. The number of hydrogen-bond acceptors (Lipinski definition) is 3. The Morgan fingerprint density at radius 1 is 1.26 bits per heavy atom. The van der Waals surface area contributed by atoms with Crippen LogP contribution < -0.4 is 10.5 Å². The molecule has 2 rings (SSSR count). The summed E-state index contributed by atoms with van der Waals surface area (Å²) in [6, 6.07) is 13.1. The molecule has 0 atom stereocenters. The van der Waals surface area contributed by atoms with Gasteiger partial charge in [0.25, 0.3) is 0 Å². The number of benzene rings is 2. The highest BCUT2D eigenvalue weighted by atomic mass is 79.9. The number of nitriles is 1. The van der Waals surface area contributed by atoms with Crippen molar-refractivity contribution in [1.29, 1.82) is 5.26 Å². The highest BCUT2D eigenvalue weighted by Gasteiger charge is 2.05. The van der Waals surface area contributed by atoms with E-state index >= 15 is 0 Å². The molecular formula is C15H13BrN2O. The van der Waals surface area contributed by atoms with Crippen LogP contribution in [0.1, 0.15) is 16.7 Å². The Kier molecular flexibility index (Phi) is 4.08. The summed E-state index contributed by atoms with van der Waals surface area (Å²) in [4.78, 5) is 0. The first-order chi connectivity index (χ1) is 9.10. The highest BCUT2D eigenvalue weighted by molar-refractivity contribution is 9.10. The monoisotopic (exact) mass is 316 g/mol. The quantitative estimate of drug-likeness (QED) is 0.876. The standard InChI is InChI=1S/C15H13BrN2O/c1-10-2-3-11(8-17)6-15(10)19-9-12-4-5-13(18)7-14(12)16/h2-7H,9,18H2,1H3. The molecule has 0 heterocycles. The van der Waals surface area contributed by atoms with Crippen molar-refractivity contribution in [2.45, 2.75) is 13.5 Å². The van der Waals surface area contributed by atoms with E-state index in [0.29, 0.717) is 17.9 Å². The van der Waals surface area contributed by atoms with E-state index in [1.165, 1.54) is 0 Å². The summed E-state index contributed by atoms with van der Waals surface area (Å²) in [5, 5.41) is 8.89. The van der Waals surface area contributed by atoms with Gasteiger partial charge in [0.1, 0.15) is 12.4 Å². The minimum Gasteiger partial charge on any atom is -0.489 e. The van der Waals surface area contributed by atoms with Crippen molar-refractivity contribution in [3.63, 3.8) is 0 Å². The van der Waals surface area contributed by atoms with Crippen LogP contribution in [0.4, 0.5) is 5.69 Å². The summed E-state index contributed by atoms with van der Waals surface area (Å²) < 4.78 is 6.68. The fourth-order valence-corrected chi connectivity index (χ4v) is 2.17. The zero-order valence-electron chi connectivity index (χ0n) is 10.5. The predicted octanol–water partition coefficient (Wildman–Crippen LogP) is 3.79. The Hall–Kier alpha value is -1.99. The second kappa shape index (κ2) is 5.77. The number of nitrogens with two attached hydrogens (primary N) is 1. The third-order valence-electron chi connectivity index (χ3n) is 2.78. The summed E-state index contributed by atoms with van der Waals surface area (Å²) in [6.07, 6.45) is 0. The van der Waals surface area contributed by atoms with E-state index in [9.17, 15) is 0 Å². The molecule has 0 bridgehead atoms. The van der Waals surface area contributed by atoms with Gasteiger partial charge in [0.05, 0.1) is 11.6 Å². The fourth-order valence-electron chi connectivity index (χ4n) is 1.66. The van der Waals surface area contributed by atoms with Gasteiger partial charge in [0.2, 0.25) is 0 Å². The zero-order chi connectivity index (χ0) is 13.8. The van der Waals surface area contributed by atoms with Gasteiger partial charge in [-0.2, -0.15) is 5.26 Å². The van der Waals surface area contributed by atoms with E-state index in [0.717, 1.165) is 21.3 Å². The molecule has 0 unspecified atom stereocenters. The molecule has 2 aromatic rings. The van der Waals surface area contributed by atoms with Crippen LogP contribution in [0.5, 0.6) is 5.75 Å². The van der Waals surface area contributed by atoms with Gasteiger partial charge in [-0.05, 0) is 36.8 Å². The van der Waals surface area contributed by atoms with Gasteiger partial charge in [0.15, 0.2) is 0 Å². The molecule has 0 saturated carbocycles. The second-order valence-corrected chi connectivity index (χ2v) is 5.09. The molecule has 0 spiro atoms. The molecule has 0 aliphatic heterocycles. The van der Waals surface area contributed by atoms with Crippen LogP contribution in [0.25, 0.3) is 0 Å². The van der Waals surface area contributed by atoms with E-state index < -0.39 is 0 Å². The SMILES string of the molecule is Cc1ccc(C#N)cc1OCc1ccc(N)cc1Br. The topological polar surface area (TPSA) is 59.0 Å². The van der Waals surface area contributed by atoms with Gasteiger partial charge >= 0.3 is 0 Å². The molecule has 19 heavy (non-hydrogen) atoms. The minimum atomic E-state index is 0.427. The van der Waals surface area contributed by atoms with Crippen LogP contribution in [0, 0.1) is 18.3 Å². The lowest BCUT2D eigenvalue weighted by Gasteiger charge is -2.11. The van der Waals surface area contributed by atoms with E-state index in [2.05, 4.69) is 22.0 Å². The van der Waals surface area contributed by atoms with Crippen LogP contribution in [0.3, 0.4) is 0 Å². The molecule has 0 saturated heterocycles. The van der Waals surface area contributed by atoms with Gasteiger partial charge in [-0.25, -0.2) is 0 Å². The molecular weight excluding hydrogens is 304 g/mol. The number of rotatable bonds is 3. The van der Waals surface area contributed by atoms with E-state index in [1.807, 2.05) is 31.2 Å². The van der Waals surface area contributed by atoms with Crippen molar-refractivity contribution in [1.82, 2.24) is 0 Å². The van der Waals surface area contributed by atoms with Gasteiger partial charge in [0, 0.05) is 15.7 Å². The average molecular weight is 317 g/mol. The third kappa shape index (κ3) is 3.27. The molecule has 2 N–H and O–H groups in total. The van der Waals surface area contributed by atoms with Crippen LogP contribution in [0.15, 0.2) is 40.9 Å². The van der Waals surface area contributed by atoms with Crippen molar-refractivity contribution >= 4 is 21.6 Å². The number of anilines is 1. The summed E-state index contributed by atoms with van der Waals surface area (Å²) in [5.74, 6) is 0.725. The molecule has 0 aromatic heterocycles. The van der Waals surface area contributed by atoms with Crippen molar-refractivity contribution < 1.29 is 4.74 Å². The lowest BCUT2D eigenvalue weighted by atomic mass is 10.1. The van der Waals surface area contributed by atoms with E-state index in [4.69, 9.17) is 15.7 Å². The van der Waals surface area contributed by atoms with Crippen LogP contribution in [0.2, 0.25) is 0 Å². The van der Waals surface area contributed by atoms with Crippen molar-refractivity contribution in [2.24, 2.45) is 0 Å². The van der Waals surface area contributed by atoms with Crippen molar-refractivity contribution in [3.05, 3.63) is 57.6 Å². The summed E-state index contributed by atoms with van der Waals surface area (Å²) in [7, 11) is 0. The first-order valence-electron chi connectivity index (χ1n) is 5.77. The van der Waals surface area contributed by atoms with Gasteiger partial charge in [-0.1, -0.05) is 28.1 Å². The Balaban J connectivity index is 2.16. The van der Waals surface area contributed by atoms with Crippen molar-refractivity contribution in [3.8, 4) is 11.8 Å². The first-order valence-corrected chi connectivity index (χ1v) is 6.57. The number of nitrogens with zero attached hydrogens (tertiary/aromatic N) is 1. The summed E-state index contributed by atoms with van der Waals surface area (Å²) in [5.41, 5.74) is 9.01. The molecule has 2 aromatic carbocycles. The number of nitrogen functional groups attached to an aromatic ring is 1. The third-order valence-corrected chi connectivity index (χ3v) is 3.52. The lowest BCUT2D eigenvalue weighted by Crippen LogP contribution is -1.99. The molecule has 4 heteroatoms. The van der Waals surface area contributed by atoms with Crippen LogP contribution >= 0.6 is 15.9 Å². The maximum absolute atomic E-state index is 8.89. The number of hydrogen-bond donors (Lipinski definition) is 1. The number of aryl methyl sites for hydroxylation is 1. The number of halogens is 1. The molecule has 0 amide bonds. The molecule has 0 aliphatic carbocycles. The molecule has 0 aliphatic rings. The first kappa shape index (κ1) is 13.4. The largest absolute Gasteiger partial charge is 0.489 e. The summed E-state index contributed by atoms with van der Waals surface area (Å²) in [6.45, 7) is 2.38. The van der Waals surface area contributed by atoms with Gasteiger partial charge in [-0.3, -0.25) is 0 Å². The number of ether oxygens (including phenoxy) is 1. The molecule has 0 fully saturated rings. The zero-order valence-corrected chi connectivity index (χ0v) is 12.1. The van der Waals surface area contributed by atoms with E-state index in [-0.39, 0.29) is 0 Å². The van der Waals surface area contributed by atoms with E-state index in [1.54, 1.807) is 12.1 Å². The highest BCUT2D eigenvalue weighted by Crippen LogP contribution is 2.24. The van der Waals surface area contributed by atoms with Crippen LogP contribution in [-0.2, 0) is 6.61 Å². The Bertz CT molecular complexity index is 647. The maximum atomic E-state index is 8.89. The maximum Gasteiger partial charge on any atom is 0.124 e. The summed E-state index contributed by atoms with van der Waals surface area (Å²) >= 11 is 3.45. The Labute approximate surface area is 120 Å². The Morgan fingerprint density at radius 2 is 2.05 bits per heavy atom. The average Bonchev–Trinajstić information content (AvgIpc) is 2.39. The fraction of sp³-hybridized carbons (Fsp3) is 0.133. The minimum absolute atomic E-state index is 0.427. The second-order valence-electron chi connectivity index (χ2n) is 4.23. The van der Waals surface area contributed by atoms with Crippen LogP contribution in [-0.4, -0.2) is 0 Å². The normalized spacial score (nSPS) is 9.95. The molecule has 96 valence electrons.